The van der Waals surface area contributed by atoms with E-state index in [1.807, 2.05) is 11.8 Å². The number of nitro groups is 1. The molecular formula is C15H22FN3O2. The van der Waals surface area contributed by atoms with Crippen LogP contribution in [0.2, 0.25) is 0 Å². The maximum absolute atomic E-state index is 13.5. The molecule has 1 aliphatic rings. The van der Waals surface area contributed by atoms with E-state index in [-0.39, 0.29) is 5.69 Å². The quantitative estimate of drug-likeness (QED) is 0.647. The highest BCUT2D eigenvalue weighted by Crippen LogP contribution is 2.30. The molecule has 1 fully saturated rings. The lowest BCUT2D eigenvalue weighted by atomic mass is 9.98. The fraction of sp³-hybridized carbons (Fsp3) is 0.600. The minimum Gasteiger partial charge on any atom is -0.366 e. The van der Waals surface area contributed by atoms with Gasteiger partial charge in [-0.2, -0.15) is 0 Å². The van der Waals surface area contributed by atoms with Crippen molar-refractivity contribution in [2.24, 2.45) is 5.92 Å². The zero-order chi connectivity index (χ0) is 15.2. The van der Waals surface area contributed by atoms with Crippen molar-refractivity contribution in [2.45, 2.75) is 26.2 Å². The fourth-order valence-electron chi connectivity index (χ4n) is 2.88. The Morgan fingerprint density at radius 2 is 2.33 bits per heavy atom. The van der Waals surface area contributed by atoms with Crippen molar-refractivity contribution in [1.29, 1.82) is 0 Å². The Morgan fingerprint density at radius 3 is 2.95 bits per heavy atom. The van der Waals surface area contributed by atoms with Gasteiger partial charge in [0, 0.05) is 25.2 Å². The molecule has 5 nitrogen and oxygen atoms in total. The van der Waals surface area contributed by atoms with E-state index < -0.39 is 10.7 Å². The summed E-state index contributed by atoms with van der Waals surface area (Å²) in [5, 5.41) is 14.5. The topological polar surface area (TPSA) is 58.4 Å². The summed E-state index contributed by atoms with van der Waals surface area (Å²) in [6, 6.07) is 3.68. The van der Waals surface area contributed by atoms with Gasteiger partial charge in [-0.05, 0) is 44.3 Å². The molecule has 0 saturated carbocycles. The van der Waals surface area contributed by atoms with Gasteiger partial charge < -0.3 is 10.2 Å². The lowest BCUT2D eigenvalue weighted by Crippen LogP contribution is -2.39. The molecule has 0 spiro atoms. The molecule has 0 bridgehead atoms. The van der Waals surface area contributed by atoms with Crippen molar-refractivity contribution in [3.05, 3.63) is 34.1 Å². The normalized spacial score (nSPS) is 18.5. The van der Waals surface area contributed by atoms with Crippen molar-refractivity contribution in [2.75, 3.05) is 31.1 Å². The highest BCUT2D eigenvalue weighted by atomic mass is 19.1. The smallest absolute Gasteiger partial charge is 0.292 e. The molecule has 1 aromatic carbocycles. The molecule has 1 saturated heterocycles. The van der Waals surface area contributed by atoms with Crippen LogP contribution >= 0.6 is 0 Å². The van der Waals surface area contributed by atoms with Gasteiger partial charge in [0.1, 0.15) is 11.5 Å². The first-order chi connectivity index (χ1) is 10.1. The van der Waals surface area contributed by atoms with Crippen LogP contribution in [0, 0.1) is 21.8 Å². The van der Waals surface area contributed by atoms with Gasteiger partial charge in [0.15, 0.2) is 0 Å². The summed E-state index contributed by atoms with van der Waals surface area (Å²) in [6.45, 7) is 5.40. The highest BCUT2D eigenvalue weighted by Gasteiger charge is 2.23. The molecule has 0 radical (unpaired) electrons. The van der Waals surface area contributed by atoms with Crippen LogP contribution in [0.25, 0.3) is 0 Å². The first kappa shape index (κ1) is 15.7. The van der Waals surface area contributed by atoms with Gasteiger partial charge in [-0.25, -0.2) is 4.39 Å². The second-order valence-electron chi connectivity index (χ2n) is 5.55. The zero-order valence-electron chi connectivity index (χ0n) is 12.3. The lowest BCUT2D eigenvalue weighted by molar-refractivity contribution is -0.384. The molecule has 116 valence electrons. The average molecular weight is 295 g/mol. The number of anilines is 1. The molecule has 1 unspecified atom stereocenters. The van der Waals surface area contributed by atoms with Gasteiger partial charge in [0.25, 0.3) is 5.69 Å². The molecule has 1 heterocycles. The lowest BCUT2D eigenvalue weighted by Gasteiger charge is -2.31. The summed E-state index contributed by atoms with van der Waals surface area (Å²) in [7, 11) is 0. The van der Waals surface area contributed by atoms with Gasteiger partial charge >= 0.3 is 0 Å². The zero-order valence-corrected chi connectivity index (χ0v) is 12.3. The SMILES string of the molecule is CCCN(CC1CCCNC1)c1cc(F)ccc1[N+](=O)[O-]. The van der Waals surface area contributed by atoms with Crippen molar-refractivity contribution in [3.63, 3.8) is 0 Å². The van der Waals surface area contributed by atoms with Crippen molar-refractivity contribution in [1.82, 2.24) is 5.32 Å². The second kappa shape index (κ2) is 7.36. The van der Waals surface area contributed by atoms with E-state index in [0.717, 1.165) is 45.0 Å². The predicted octanol–water partition coefficient (Wildman–Crippen LogP) is 2.95. The van der Waals surface area contributed by atoms with Gasteiger partial charge in [0.2, 0.25) is 0 Å². The first-order valence-electron chi connectivity index (χ1n) is 7.51. The van der Waals surface area contributed by atoms with E-state index in [0.29, 0.717) is 18.2 Å². The summed E-state index contributed by atoms with van der Waals surface area (Å²) in [5.41, 5.74) is 0.376. The van der Waals surface area contributed by atoms with Gasteiger partial charge in [-0.15, -0.1) is 0 Å². The van der Waals surface area contributed by atoms with Crippen LogP contribution in [0.15, 0.2) is 18.2 Å². The molecule has 0 aromatic heterocycles. The van der Waals surface area contributed by atoms with Crippen LogP contribution in [-0.4, -0.2) is 31.1 Å². The third kappa shape index (κ3) is 4.14. The molecule has 0 amide bonds. The third-order valence-corrected chi connectivity index (χ3v) is 3.85. The van der Waals surface area contributed by atoms with Crippen molar-refractivity contribution < 1.29 is 9.31 Å². The van der Waals surface area contributed by atoms with E-state index >= 15 is 0 Å². The van der Waals surface area contributed by atoms with Crippen LogP contribution < -0.4 is 10.2 Å². The largest absolute Gasteiger partial charge is 0.366 e. The Labute approximate surface area is 124 Å². The average Bonchev–Trinajstić information content (AvgIpc) is 2.47. The number of benzene rings is 1. The molecule has 0 aliphatic carbocycles. The predicted molar refractivity (Wildman–Crippen MR) is 81.2 cm³/mol. The van der Waals surface area contributed by atoms with Gasteiger partial charge in [-0.3, -0.25) is 10.1 Å². The molecule has 21 heavy (non-hydrogen) atoms. The Kier molecular flexibility index (Phi) is 5.50. The summed E-state index contributed by atoms with van der Waals surface area (Å²) < 4.78 is 13.5. The molecule has 1 N–H and O–H groups in total. The van der Waals surface area contributed by atoms with E-state index in [1.165, 1.54) is 12.1 Å². The third-order valence-electron chi connectivity index (χ3n) is 3.85. The number of nitrogens with zero attached hydrogens (tertiary/aromatic N) is 2. The molecule has 2 rings (SSSR count). The number of rotatable bonds is 6. The van der Waals surface area contributed by atoms with E-state index in [4.69, 9.17) is 0 Å². The maximum Gasteiger partial charge on any atom is 0.292 e. The molecule has 1 atom stereocenters. The van der Waals surface area contributed by atoms with Crippen LogP contribution in [0.1, 0.15) is 26.2 Å². The van der Waals surface area contributed by atoms with Gasteiger partial charge in [-0.1, -0.05) is 6.92 Å². The Hall–Kier alpha value is -1.69. The van der Waals surface area contributed by atoms with Crippen LogP contribution in [0.5, 0.6) is 0 Å². The van der Waals surface area contributed by atoms with Crippen molar-refractivity contribution in [3.8, 4) is 0 Å². The standard InChI is InChI=1S/C15H22FN3O2/c1-2-8-18(11-12-4-3-7-17-10-12)15-9-13(16)5-6-14(15)19(20)21/h5-6,9,12,17H,2-4,7-8,10-11H2,1H3. The Bertz CT molecular complexity index is 490. The van der Waals surface area contributed by atoms with Crippen LogP contribution in [0.4, 0.5) is 15.8 Å². The highest BCUT2D eigenvalue weighted by molar-refractivity contribution is 5.63. The number of hydrogen-bond donors (Lipinski definition) is 1. The van der Waals surface area contributed by atoms with E-state index in [1.54, 1.807) is 0 Å². The fourth-order valence-corrected chi connectivity index (χ4v) is 2.88. The summed E-state index contributed by atoms with van der Waals surface area (Å²) >= 11 is 0. The number of piperidine rings is 1. The number of nitrogens with one attached hydrogen (secondary N) is 1. The maximum atomic E-state index is 13.5. The molecule has 1 aromatic rings. The van der Waals surface area contributed by atoms with Gasteiger partial charge in [0.05, 0.1) is 4.92 Å². The summed E-state index contributed by atoms with van der Waals surface area (Å²) in [6.07, 6.45) is 3.10. The van der Waals surface area contributed by atoms with Crippen molar-refractivity contribution >= 4 is 11.4 Å². The molecule has 6 heteroatoms. The van der Waals surface area contributed by atoms with E-state index in [9.17, 15) is 14.5 Å². The number of nitro benzene ring substituents is 1. The second-order valence-corrected chi connectivity index (χ2v) is 5.55. The molecule has 1 aliphatic heterocycles. The Balaban J connectivity index is 2.23. The minimum atomic E-state index is -0.434. The Morgan fingerprint density at radius 1 is 1.52 bits per heavy atom. The first-order valence-corrected chi connectivity index (χ1v) is 7.51. The minimum absolute atomic E-state index is 0.0198. The van der Waals surface area contributed by atoms with Crippen LogP contribution in [0.3, 0.4) is 0 Å². The number of halogens is 1. The monoisotopic (exact) mass is 295 g/mol. The summed E-state index contributed by atoms with van der Waals surface area (Å²) in [5.74, 6) is 0.0200. The van der Waals surface area contributed by atoms with Crippen LogP contribution in [-0.2, 0) is 0 Å². The number of hydrogen-bond acceptors (Lipinski definition) is 4. The summed E-state index contributed by atoms with van der Waals surface area (Å²) in [4.78, 5) is 12.7. The molecular weight excluding hydrogens is 273 g/mol. The van der Waals surface area contributed by atoms with E-state index in [2.05, 4.69) is 5.32 Å².